The van der Waals surface area contributed by atoms with Crippen molar-refractivity contribution in [3.05, 3.63) is 71.0 Å². The van der Waals surface area contributed by atoms with Gasteiger partial charge in [-0.2, -0.15) is 0 Å². The van der Waals surface area contributed by atoms with Crippen LogP contribution in [0, 0.1) is 18.7 Å². The van der Waals surface area contributed by atoms with Crippen LogP contribution in [0.1, 0.15) is 29.7 Å². The van der Waals surface area contributed by atoms with Crippen LogP contribution in [0.4, 0.5) is 4.39 Å². The lowest BCUT2D eigenvalue weighted by Gasteiger charge is -2.26. The molecule has 0 aliphatic carbocycles. The highest BCUT2D eigenvalue weighted by Crippen LogP contribution is 2.25. The van der Waals surface area contributed by atoms with Gasteiger partial charge in [0.1, 0.15) is 5.82 Å². The minimum atomic E-state index is -0.995. The van der Waals surface area contributed by atoms with Crippen molar-refractivity contribution in [1.29, 1.82) is 0 Å². The average molecular weight is 287 g/mol. The molecule has 2 nitrogen and oxygen atoms in total. The van der Waals surface area contributed by atoms with Crippen LogP contribution < -0.4 is 5.73 Å². The van der Waals surface area contributed by atoms with Crippen LogP contribution in [0.2, 0.25) is 0 Å². The first-order valence-electron chi connectivity index (χ1n) is 7.23. The third-order valence-electron chi connectivity index (χ3n) is 4.05. The maximum atomic E-state index is 13.7. The van der Waals surface area contributed by atoms with E-state index >= 15 is 0 Å². The molecule has 21 heavy (non-hydrogen) atoms. The van der Waals surface area contributed by atoms with E-state index in [1.165, 1.54) is 17.2 Å². The second kappa shape index (κ2) is 6.83. The Morgan fingerprint density at radius 2 is 1.71 bits per heavy atom. The summed E-state index contributed by atoms with van der Waals surface area (Å²) in [7, 11) is 0. The van der Waals surface area contributed by atoms with E-state index in [1.54, 1.807) is 18.2 Å². The number of benzene rings is 2. The minimum absolute atomic E-state index is 0.0423. The van der Waals surface area contributed by atoms with Gasteiger partial charge in [-0.3, -0.25) is 0 Å². The topological polar surface area (TPSA) is 46.2 Å². The van der Waals surface area contributed by atoms with E-state index in [0.29, 0.717) is 0 Å². The van der Waals surface area contributed by atoms with Crippen molar-refractivity contribution in [2.75, 3.05) is 0 Å². The molecule has 3 heteroatoms. The van der Waals surface area contributed by atoms with Gasteiger partial charge in [0.2, 0.25) is 0 Å². The fourth-order valence-electron chi connectivity index (χ4n) is 2.56. The SMILES string of the molecule is Cc1ccccc1CC(C)[C@@H](N)[C@H](O)c1ccccc1F. The quantitative estimate of drug-likeness (QED) is 0.885. The summed E-state index contributed by atoms with van der Waals surface area (Å²) >= 11 is 0. The molecular formula is C18H22FNO. The molecule has 2 aromatic carbocycles. The first-order chi connectivity index (χ1) is 10.0. The van der Waals surface area contributed by atoms with Crippen LogP contribution in [0.15, 0.2) is 48.5 Å². The zero-order valence-electron chi connectivity index (χ0n) is 12.5. The van der Waals surface area contributed by atoms with Crippen molar-refractivity contribution in [1.82, 2.24) is 0 Å². The molecule has 0 aromatic heterocycles. The van der Waals surface area contributed by atoms with E-state index in [4.69, 9.17) is 5.73 Å². The Hall–Kier alpha value is -1.71. The average Bonchev–Trinajstić information content (AvgIpc) is 2.48. The Bertz CT molecular complexity index is 599. The fraction of sp³-hybridized carbons (Fsp3) is 0.333. The van der Waals surface area contributed by atoms with Crippen molar-refractivity contribution in [2.24, 2.45) is 11.7 Å². The van der Waals surface area contributed by atoms with E-state index < -0.39 is 18.0 Å². The van der Waals surface area contributed by atoms with E-state index in [9.17, 15) is 9.50 Å². The number of rotatable bonds is 5. The first-order valence-corrected chi connectivity index (χ1v) is 7.23. The van der Waals surface area contributed by atoms with Crippen molar-refractivity contribution >= 4 is 0 Å². The normalized spacial score (nSPS) is 15.5. The van der Waals surface area contributed by atoms with E-state index in [1.807, 2.05) is 19.1 Å². The number of aliphatic hydroxyl groups is 1. The Balaban J connectivity index is 2.10. The van der Waals surface area contributed by atoms with Crippen LogP contribution in [0.5, 0.6) is 0 Å². The molecule has 112 valence electrons. The molecule has 2 aromatic rings. The standard InChI is InChI=1S/C18H22FNO/c1-12-7-3-4-8-14(12)11-13(2)17(20)18(21)15-9-5-6-10-16(15)19/h3-10,13,17-18,21H,11,20H2,1-2H3/t13?,17-,18-/m1/s1. The Morgan fingerprint density at radius 1 is 1.10 bits per heavy atom. The van der Waals surface area contributed by atoms with Crippen molar-refractivity contribution < 1.29 is 9.50 Å². The van der Waals surface area contributed by atoms with Crippen LogP contribution in [0.25, 0.3) is 0 Å². The number of hydrogen-bond acceptors (Lipinski definition) is 2. The summed E-state index contributed by atoms with van der Waals surface area (Å²) in [6, 6.07) is 13.8. The summed E-state index contributed by atoms with van der Waals surface area (Å²) < 4.78 is 13.7. The van der Waals surface area contributed by atoms with Gasteiger partial charge in [-0.15, -0.1) is 0 Å². The molecule has 0 aliphatic heterocycles. The predicted molar refractivity (Wildman–Crippen MR) is 83.4 cm³/mol. The Labute approximate surface area is 125 Å². The second-order valence-electron chi connectivity index (χ2n) is 5.65. The van der Waals surface area contributed by atoms with Gasteiger partial charge in [0.25, 0.3) is 0 Å². The zero-order chi connectivity index (χ0) is 15.4. The smallest absolute Gasteiger partial charge is 0.129 e. The van der Waals surface area contributed by atoms with Crippen LogP contribution in [-0.2, 0) is 6.42 Å². The van der Waals surface area contributed by atoms with Gasteiger partial charge >= 0.3 is 0 Å². The number of aryl methyl sites for hydroxylation is 1. The molecule has 0 spiro atoms. The molecule has 0 aliphatic rings. The van der Waals surface area contributed by atoms with Gasteiger partial charge < -0.3 is 10.8 Å². The molecule has 1 unspecified atom stereocenters. The summed E-state index contributed by atoms with van der Waals surface area (Å²) in [5.74, 6) is -0.371. The molecule has 0 saturated heterocycles. The summed E-state index contributed by atoms with van der Waals surface area (Å²) in [5.41, 5.74) is 8.82. The lowest BCUT2D eigenvalue weighted by molar-refractivity contribution is 0.118. The maximum absolute atomic E-state index is 13.7. The third kappa shape index (κ3) is 3.69. The van der Waals surface area contributed by atoms with Crippen molar-refractivity contribution in [3.8, 4) is 0 Å². The van der Waals surface area contributed by atoms with Gasteiger partial charge in [0, 0.05) is 11.6 Å². The Kier molecular flexibility index (Phi) is 5.10. The molecular weight excluding hydrogens is 265 g/mol. The highest BCUT2D eigenvalue weighted by atomic mass is 19.1. The van der Waals surface area contributed by atoms with E-state index in [0.717, 1.165) is 6.42 Å². The molecule has 0 saturated carbocycles. The number of aliphatic hydroxyl groups excluding tert-OH is 1. The maximum Gasteiger partial charge on any atom is 0.129 e. The highest BCUT2D eigenvalue weighted by molar-refractivity contribution is 5.27. The van der Waals surface area contributed by atoms with Gasteiger partial charge in [-0.1, -0.05) is 49.4 Å². The second-order valence-corrected chi connectivity index (χ2v) is 5.65. The molecule has 0 fully saturated rings. The summed E-state index contributed by atoms with van der Waals surface area (Å²) in [6.45, 7) is 4.04. The lowest BCUT2D eigenvalue weighted by atomic mass is 9.87. The van der Waals surface area contributed by atoms with E-state index in [-0.39, 0.29) is 11.5 Å². The number of halogens is 1. The highest BCUT2D eigenvalue weighted by Gasteiger charge is 2.25. The van der Waals surface area contributed by atoms with Crippen LogP contribution in [0.3, 0.4) is 0 Å². The molecule has 2 rings (SSSR count). The molecule has 0 heterocycles. The van der Waals surface area contributed by atoms with Crippen molar-refractivity contribution in [3.63, 3.8) is 0 Å². The largest absolute Gasteiger partial charge is 0.387 e. The van der Waals surface area contributed by atoms with Gasteiger partial charge in [-0.05, 0) is 36.5 Å². The van der Waals surface area contributed by atoms with E-state index in [2.05, 4.69) is 19.1 Å². The third-order valence-corrected chi connectivity index (χ3v) is 4.05. The van der Waals surface area contributed by atoms with Crippen LogP contribution >= 0.6 is 0 Å². The number of hydrogen-bond donors (Lipinski definition) is 2. The summed E-state index contributed by atoms with van der Waals surface area (Å²) in [6.07, 6.45) is -0.232. The predicted octanol–water partition coefficient (Wildman–Crippen LogP) is 3.37. The molecule has 3 atom stereocenters. The molecule has 0 amide bonds. The molecule has 0 bridgehead atoms. The van der Waals surface area contributed by atoms with Gasteiger partial charge in [-0.25, -0.2) is 4.39 Å². The first kappa shape index (κ1) is 15.7. The summed E-state index contributed by atoms with van der Waals surface area (Å²) in [5, 5.41) is 10.3. The van der Waals surface area contributed by atoms with Crippen LogP contribution in [-0.4, -0.2) is 11.1 Å². The summed E-state index contributed by atoms with van der Waals surface area (Å²) in [4.78, 5) is 0. The monoisotopic (exact) mass is 287 g/mol. The van der Waals surface area contributed by atoms with Gasteiger partial charge in [0.15, 0.2) is 0 Å². The minimum Gasteiger partial charge on any atom is -0.387 e. The van der Waals surface area contributed by atoms with Gasteiger partial charge in [0.05, 0.1) is 6.10 Å². The fourth-order valence-corrected chi connectivity index (χ4v) is 2.56. The lowest BCUT2D eigenvalue weighted by Crippen LogP contribution is -2.36. The zero-order valence-corrected chi connectivity index (χ0v) is 12.5. The Morgan fingerprint density at radius 3 is 2.38 bits per heavy atom. The van der Waals surface area contributed by atoms with Crippen molar-refractivity contribution in [2.45, 2.75) is 32.4 Å². The number of nitrogens with two attached hydrogens (primary N) is 1. The molecule has 3 N–H and O–H groups in total. The molecule has 0 radical (unpaired) electrons.